The fourth-order valence-corrected chi connectivity index (χ4v) is 7.05. The summed E-state index contributed by atoms with van der Waals surface area (Å²) in [6.45, 7) is 9.03. The highest BCUT2D eigenvalue weighted by Gasteiger charge is 2.35. The van der Waals surface area contributed by atoms with Crippen LogP contribution in [0.2, 0.25) is 10.2 Å². The van der Waals surface area contributed by atoms with Gasteiger partial charge in [-0.1, -0.05) is 23.2 Å². The molecule has 1 amide bonds. The van der Waals surface area contributed by atoms with Gasteiger partial charge in [-0.15, -0.1) is 0 Å². The molecule has 0 N–H and O–H groups in total. The van der Waals surface area contributed by atoms with E-state index in [1.807, 2.05) is 32.7 Å². The van der Waals surface area contributed by atoms with Gasteiger partial charge in [-0.2, -0.15) is 20.1 Å². The smallest absolute Gasteiger partial charge is 0.410 e. The maximum absolute atomic E-state index is 15.5. The van der Waals surface area contributed by atoms with E-state index in [0.29, 0.717) is 68.0 Å². The normalized spacial score (nSPS) is 21.8. The second-order valence-corrected chi connectivity index (χ2v) is 14.8. The van der Waals surface area contributed by atoms with Crippen molar-refractivity contribution in [3.63, 3.8) is 0 Å². The zero-order chi connectivity index (χ0) is 36.0. The third-order valence-corrected chi connectivity index (χ3v) is 9.69. The second-order valence-electron chi connectivity index (χ2n) is 14.0. The highest BCUT2D eigenvalue weighted by molar-refractivity contribution is 6.33. The number of fused-ring (bicyclic) bond motifs is 2. The Balaban J connectivity index is 1.29. The summed E-state index contributed by atoms with van der Waals surface area (Å²) < 4.78 is 47.1. The molecule has 3 aromatic heterocycles. The van der Waals surface area contributed by atoms with Crippen molar-refractivity contribution in [2.45, 2.75) is 64.1 Å². The molecule has 0 radical (unpaired) electrons. The lowest BCUT2D eigenvalue weighted by molar-refractivity contribution is -0.0367. The van der Waals surface area contributed by atoms with E-state index in [1.165, 1.54) is 6.07 Å². The number of anilines is 1. The van der Waals surface area contributed by atoms with E-state index >= 15 is 4.39 Å². The number of halogens is 3. The Kier molecular flexibility index (Phi) is 10.0. The number of hydrogen-bond acceptors (Lipinski definition) is 12. The maximum atomic E-state index is 15.5. The topological polar surface area (TPSA) is 129 Å². The summed E-state index contributed by atoms with van der Waals surface area (Å²) in [7, 11) is 3.62. The Morgan fingerprint density at radius 3 is 2.49 bits per heavy atom. The van der Waals surface area contributed by atoms with Crippen molar-refractivity contribution in [1.82, 2.24) is 34.5 Å². The van der Waals surface area contributed by atoms with Gasteiger partial charge in [0.05, 0.1) is 22.5 Å². The minimum Gasteiger partial charge on any atom is -0.456 e. The van der Waals surface area contributed by atoms with Crippen molar-refractivity contribution in [2.75, 3.05) is 64.9 Å². The molecule has 14 nitrogen and oxygen atoms in total. The van der Waals surface area contributed by atoms with E-state index in [2.05, 4.69) is 15.0 Å². The average Bonchev–Trinajstić information content (AvgIpc) is 3.68. The van der Waals surface area contributed by atoms with Crippen LogP contribution in [-0.2, 0) is 14.2 Å². The number of aromatic nitrogens is 5. The average molecular weight is 748 g/mol. The predicted octanol–water partition coefficient (Wildman–Crippen LogP) is 6.08. The number of carbonyl (C=O) groups is 1. The Morgan fingerprint density at radius 1 is 1.02 bits per heavy atom. The molecule has 3 saturated heterocycles. The Morgan fingerprint density at radius 2 is 1.78 bits per heavy atom. The number of benzene rings is 1. The van der Waals surface area contributed by atoms with E-state index in [9.17, 15) is 4.79 Å². The minimum atomic E-state index is -0.693. The SMILES string of the molecule is CO[C@@H]1CN(C)C[C@H]1Oc1nc(N2CCN(C(=O)OC(C)(C)C)CC2)c2cc(Cl)nc(Oc3c(Cl)c(F)cc4c3cnn4C3CCCCO3)c2n1. The fourth-order valence-electron chi connectivity index (χ4n) is 6.67. The molecule has 3 aliphatic heterocycles. The van der Waals surface area contributed by atoms with Crippen molar-refractivity contribution in [1.29, 1.82) is 0 Å². The summed E-state index contributed by atoms with van der Waals surface area (Å²) in [6.07, 6.45) is 2.95. The molecule has 3 fully saturated rings. The molecule has 51 heavy (non-hydrogen) atoms. The van der Waals surface area contributed by atoms with Crippen molar-refractivity contribution in [2.24, 2.45) is 0 Å². The maximum Gasteiger partial charge on any atom is 0.410 e. The second kappa shape index (κ2) is 14.3. The van der Waals surface area contributed by atoms with E-state index in [4.69, 9.17) is 56.9 Å². The number of nitrogens with zero attached hydrogens (tertiary/aromatic N) is 8. The number of ether oxygens (including phenoxy) is 5. The molecule has 0 aliphatic carbocycles. The zero-order valence-corrected chi connectivity index (χ0v) is 30.7. The number of hydrogen-bond donors (Lipinski definition) is 0. The van der Waals surface area contributed by atoms with Crippen LogP contribution in [0.25, 0.3) is 21.8 Å². The zero-order valence-electron chi connectivity index (χ0n) is 29.2. The van der Waals surface area contributed by atoms with Gasteiger partial charge < -0.3 is 33.5 Å². The van der Waals surface area contributed by atoms with Crippen molar-refractivity contribution < 1.29 is 32.9 Å². The molecule has 4 aromatic rings. The van der Waals surface area contributed by atoms with Crippen LogP contribution in [0.3, 0.4) is 0 Å². The highest BCUT2D eigenvalue weighted by Crippen LogP contribution is 2.42. The van der Waals surface area contributed by atoms with Crippen molar-refractivity contribution >= 4 is 56.9 Å². The molecule has 0 spiro atoms. The summed E-state index contributed by atoms with van der Waals surface area (Å²) >= 11 is 13.2. The molecule has 3 atom stereocenters. The third kappa shape index (κ3) is 7.45. The van der Waals surface area contributed by atoms with Crippen molar-refractivity contribution in [3.05, 3.63) is 34.3 Å². The van der Waals surface area contributed by atoms with Crippen LogP contribution < -0.4 is 14.4 Å². The van der Waals surface area contributed by atoms with Gasteiger partial charge in [0.15, 0.2) is 12.0 Å². The number of piperazine rings is 1. The first kappa shape index (κ1) is 35.6. The van der Waals surface area contributed by atoms with Crippen LogP contribution in [-0.4, -0.2) is 118 Å². The molecule has 3 aliphatic rings. The van der Waals surface area contributed by atoms with Crippen LogP contribution >= 0.6 is 23.2 Å². The molecule has 1 aromatic carbocycles. The van der Waals surface area contributed by atoms with Crippen molar-refractivity contribution in [3.8, 4) is 17.6 Å². The summed E-state index contributed by atoms with van der Waals surface area (Å²) in [5.74, 6) is -0.205. The number of carbonyl (C=O) groups excluding carboxylic acids is 1. The number of likely N-dealkylation sites (N-methyl/N-ethyl adjacent to an activating group) is 1. The van der Waals surface area contributed by atoms with E-state index < -0.39 is 11.4 Å². The van der Waals surface area contributed by atoms with Crippen LogP contribution in [0.1, 0.15) is 46.3 Å². The molecular formula is C34H41Cl2FN8O6. The Bertz CT molecular complexity index is 1930. The van der Waals surface area contributed by atoms with E-state index in [-0.39, 0.29) is 57.9 Å². The molecule has 0 bridgehead atoms. The quantitative estimate of drug-likeness (QED) is 0.203. The Hall–Kier alpha value is -3.76. The minimum absolute atomic E-state index is 0.00950. The fraction of sp³-hybridized carbons (Fsp3) is 0.559. The number of rotatable bonds is 7. The molecule has 0 saturated carbocycles. The van der Waals surface area contributed by atoms with Crippen LogP contribution in [0, 0.1) is 5.82 Å². The first-order valence-electron chi connectivity index (χ1n) is 17.0. The van der Waals surface area contributed by atoms with Gasteiger partial charge in [0, 0.05) is 59.1 Å². The third-order valence-electron chi connectivity index (χ3n) is 9.15. The summed E-state index contributed by atoms with van der Waals surface area (Å²) in [4.78, 5) is 32.7. The molecule has 1 unspecified atom stereocenters. The van der Waals surface area contributed by atoms with E-state index in [1.54, 1.807) is 29.0 Å². The largest absolute Gasteiger partial charge is 0.456 e. The van der Waals surface area contributed by atoms with Gasteiger partial charge in [-0.3, -0.25) is 4.90 Å². The van der Waals surface area contributed by atoms with Crippen LogP contribution in [0.5, 0.6) is 17.6 Å². The molecule has 17 heteroatoms. The van der Waals surface area contributed by atoms with E-state index in [0.717, 1.165) is 19.3 Å². The summed E-state index contributed by atoms with van der Waals surface area (Å²) in [5, 5.41) is 5.35. The van der Waals surface area contributed by atoms with Crippen LogP contribution in [0.15, 0.2) is 18.3 Å². The summed E-state index contributed by atoms with van der Waals surface area (Å²) in [6, 6.07) is 3.04. The number of likely N-dealkylation sites (tertiary alicyclic amines) is 1. The van der Waals surface area contributed by atoms with Crippen LogP contribution in [0.4, 0.5) is 15.0 Å². The monoisotopic (exact) mass is 746 g/mol. The Labute approximate surface area is 304 Å². The lowest BCUT2D eigenvalue weighted by Gasteiger charge is -2.36. The van der Waals surface area contributed by atoms with Gasteiger partial charge in [-0.05, 0) is 53.1 Å². The van der Waals surface area contributed by atoms with Gasteiger partial charge in [0.1, 0.15) is 45.1 Å². The molecule has 274 valence electrons. The molecule has 7 rings (SSSR count). The molecule has 6 heterocycles. The lowest BCUT2D eigenvalue weighted by atomic mass is 10.2. The number of amides is 1. The number of pyridine rings is 1. The number of methoxy groups -OCH3 is 1. The van der Waals surface area contributed by atoms with Gasteiger partial charge in [0.25, 0.3) is 0 Å². The molecular weight excluding hydrogens is 706 g/mol. The van der Waals surface area contributed by atoms with Gasteiger partial charge in [-0.25, -0.2) is 13.9 Å². The summed E-state index contributed by atoms with van der Waals surface area (Å²) in [5.41, 5.74) is 0.116. The first-order chi connectivity index (χ1) is 24.4. The standard InChI is InChI=1S/C34H41Cl2FN8O6/c1-34(2,3)51-33(46)44-11-9-43(10-12-44)30-19-14-25(35)39-31(28(19)40-32(41-30)49-24-18-42(4)17-23(24)47-5)50-29-20-16-38-45(26-8-6-7-13-48-26)22(20)15-21(37)27(29)36/h14-16,23-24,26H,6-13,17-18H2,1-5H3/t23-,24-,26?/m1/s1. The lowest BCUT2D eigenvalue weighted by Crippen LogP contribution is -2.50. The van der Waals surface area contributed by atoms with Gasteiger partial charge >= 0.3 is 12.1 Å². The highest BCUT2D eigenvalue weighted by atomic mass is 35.5. The van der Waals surface area contributed by atoms with Gasteiger partial charge in [0.2, 0.25) is 5.88 Å². The first-order valence-corrected chi connectivity index (χ1v) is 17.8. The predicted molar refractivity (Wildman–Crippen MR) is 189 cm³/mol.